The standard InChI is InChI=1S/C13H12BrFO/c14-11-7-9(5-6-12(11)15)8-13(16)10-3-1-2-4-10/h3,5-7H,1-2,4,8H2. The summed E-state index contributed by atoms with van der Waals surface area (Å²) in [5.74, 6) is -0.132. The summed E-state index contributed by atoms with van der Waals surface area (Å²) in [6.07, 6.45) is 5.36. The molecular formula is C13H12BrFO. The molecule has 0 atom stereocenters. The molecule has 1 aromatic rings. The molecule has 2 rings (SSSR count). The maximum atomic E-state index is 13.0. The van der Waals surface area contributed by atoms with Crippen LogP contribution in [0.2, 0.25) is 0 Å². The van der Waals surface area contributed by atoms with Crippen LogP contribution < -0.4 is 0 Å². The van der Waals surface area contributed by atoms with E-state index in [0.29, 0.717) is 10.9 Å². The second kappa shape index (κ2) is 4.91. The van der Waals surface area contributed by atoms with Gasteiger partial charge in [-0.1, -0.05) is 12.1 Å². The SMILES string of the molecule is O=C(Cc1ccc(F)c(Br)c1)C1=CCCC1. The summed E-state index contributed by atoms with van der Waals surface area (Å²) in [5, 5.41) is 0. The van der Waals surface area contributed by atoms with Crippen LogP contribution in [0.25, 0.3) is 0 Å². The van der Waals surface area contributed by atoms with Crippen molar-refractivity contribution in [2.45, 2.75) is 25.7 Å². The van der Waals surface area contributed by atoms with Crippen molar-refractivity contribution in [1.29, 1.82) is 0 Å². The average Bonchev–Trinajstić information content (AvgIpc) is 2.77. The van der Waals surface area contributed by atoms with E-state index < -0.39 is 0 Å². The lowest BCUT2D eigenvalue weighted by molar-refractivity contribution is -0.115. The molecule has 16 heavy (non-hydrogen) atoms. The maximum absolute atomic E-state index is 13.0. The molecule has 0 fully saturated rings. The third-order valence-corrected chi connectivity index (χ3v) is 3.36. The number of hydrogen-bond acceptors (Lipinski definition) is 1. The van der Waals surface area contributed by atoms with E-state index in [2.05, 4.69) is 15.9 Å². The van der Waals surface area contributed by atoms with Crippen molar-refractivity contribution < 1.29 is 9.18 Å². The Morgan fingerprint density at radius 2 is 2.25 bits per heavy atom. The van der Waals surface area contributed by atoms with Gasteiger partial charge in [0.25, 0.3) is 0 Å². The fourth-order valence-electron chi connectivity index (χ4n) is 1.87. The van der Waals surface area contributed by atoms with Gasteiger partial charge in [-0.3, -0.25) is 4.79 Å². The Morgan fingerprint density at radius 3 is 2.88 bits per heavy atom. The van der Waals surface area contributed by atoms with Gasteiger partial charge in [0.15, 0.2) is 5.78 Å². The highest BCUT2D eigenvalue weighted by molar-refractivity contribution is 9.10. The first-order valence-electron chi connectivity index (χ1n) is 5.33. The first-order valence-corrected chi connectivity index (χ1v) is 6.12. The molecule has 0 N–H and O–H groups in total. The first kappa shape index (κ1) is 11.5. The fourth-order valence-corrected chi connectivity index (χ4v) is 2.30. The Bertz CT molecular complexity index is 451. The number of Topliss-reactive ketones (excluding diaryl/α,β-unsaturated/α-hetero) is 1. The van der Waals surface area contributed by atoms with Crippen molar-refractivity contribution >= 4 is 21.7 Å². The highest BCUT2D eigenvalue weighted by Gasteiger charge is 2.14. The smallest absolute Gasteiger partial charge is 0.162 e. The molecule has 1 aliphatic rings. The molecule has 0 heterocycles. The molecule has 0 saturated carbocycles. The van der Waals surface area contributed by atoms with Gasteiger partial charge in [0.05, 0.1) is 4.47 Å². The average molecular weight is 283 g/mol. The van der Waals surface area contributed by atoms with Crippen molar-refractivity contribution in [3.8, 4) is 0 Å². The van der Waals surface area contributed by atoms with Crippen molar-refractivity contribution in [3.05, 3.63) is 45.7 Å². The second-order valence-corrected chi connectivity index (χ2v) is 4.82. The van der Waals surface area contributed by atoms with Crippen LogP contribution in [-0.2, 0) is 11.2 Å². The van der Waals surface area contributed by atoms with E-state index in [1.165, 1.54) is 6.07 Å². The van der Waals surface area contributed by atoms with E-state index >= 15 is 0 Å². The second-order valence-electron chi connectivity index (χ2n) is 3.97. The van der Waals surface area contributed by atoms with Crippen LogP contribution in [0.1, 0.15) is 24.8 Å². The van der Waals surface area contributed by atoms with Gasteiger partial charge in [-0.25, -0.2) is 4.39 Å². The molecule has 1 aromatic carbocycles. The number of halogens is 2. The van der Waals surface area contributed by atoms with Crippen molar-refractivity contribution in [3.63, 3.8) is 0 Å². The minimum absolute atomic E-state index is 0.163. The molecule has 3 heteroatoms. The molecule has 0 spiro atoms. The summed E-state index contributed by atoms with van der Waals surface area (Å²) in [6.45, 7) is 0. The van der Waals surface area contributed by atoms with Gasteiger partial charge < -0.3 is 0 Å². The molecule has 0 bridgehead atoms. The molecule has 0 unspecified atom stereocenters. The zero-order valence-electron chi connectivity index (χ0n) is 8.80. The van der Waals surface area contributed by atoms with Crippen LogP contribution in [0.5, 0.6) is 0 Å². The minimum atomic E-state index is -0.295. The van der Waals surface area contributed by atoms with E-state index in [-0.39, 0.29) is 11.6 Å². The molecule has 84 valence electrons. The molecule has 1 aliphatic carbocycles. The Morgan fingerprint density at radius 1 is 1.44 bits per heavy atom. The molecule has 1 nitrogen and oxygen atoms in total. The van der Waals surface area contributed by atoms with E-state index in [1.807, 2.05) is 6.08 Å². The number of hydrogen-bond donors (Lipinski definition) is 0. The van der Waals surface area contributed by atoms with Crippen LogP contribution in [0, 0.1) is 5.82 Å². The van der Waals surface area contributed by atoms with Crippen molar-refractivity contribution in [1.82, 2.24) is 0 Å². The first-order chi connectivity index (χ1) is 7.66. The van der Waals surface area contributed by atoms with Crippen molar-refractivity contribution in [2.24, 2.45) is 0 Å². The Balaban J connectivity index is 2.08. The van der Waals surface area contributed by atoms with Crippen LogP contribution in [0.3, 0.4) is 0 Å². The Labute approximate surface area is 102 Å². The zero-order chi connectivity index (χ0) is 11.5. The van der Waals surface area contributed by atoms with E-state index in [4.69, 9.17) is 0 Å². The molecule has 0 aromatic heterocycles. The van der Waals surface area contributed by atoms with Gasteiger partial charge in [-0.2, -0.15) is 0 Å². The number of allylic oxidation sites excluding steroid dienone is 2. The van der Waals surface area contributed by atoms with Crippen LogP contribution in [-0.4, -0.2) is 5.78 Å². The van der Waals surface area contributed by atoms with Gasteiger partial charge in [-0.15, -0.1) is 0 Å². The van der Waals surface area contributed by atoms with E-state index in [9.17, 15) is 9.18 Å². The number of rotatable bonds is 3. The number of benzene rings is 1. The van der Waals surface area contributed by atoms with Crippen LogP contribution in [0.15, 0.2) is 34.3 Å². The Kier molecular flexibility index (Phi) is 3.54. The van der Waals surface area contributed by atoms with E-state index in [0.717, 1.165) is 30.4 Å². The lowest BCUT2D eigenvalue weighted by Crippen LogP contribution is -2.05. The van der Waals surface area contributed by atoms with Gasteiger partial charge in [0.1, 0.15) is 5.82 Å². The predicted molar refractivity (Wildman–Crippen MR) is 64.7 cm³/mol. The number of carbonyl (C=O) groups is 1. The highest BCUT2D eigenvalue weighted by Crippen LogP contribution is 2.22. The summed E-state index contributed by atoms with van der Waals surface area (Å²) in [5.41, 5.74) is 1.78. The van der Waals surface area contributed by atoms with Gasteiger partial charge >= 0.3 is 0 Å². The molecule has 0 radical (unpaired) electrons. The van der Waals surface area contributed by atoms with Gasteiger partial charge in [-0.05, 0) is 58.5 Å². The third-order valence-electron chi connectivity index (χ3n) is 2.75. The third kappa shape index (κ3) is 2.59. The van der Waals surface area contributed by atoms with Crippen LogP contribution >= 0.6 is 15.9 Å². The summed E-state index contributed by atoms with van der Waals surface area (Å²) in [4.78, 5) is 11.8. The van der Waals surface area contributed by atoms with Crippen LogP contribution in [0.4, 0.5) is 4.39 Å². The predicted octanol–water partition coefficient (Wildman–Crippen LogP) is 3.81. The van der Waals surface area contributed by atoms with Gasteiger partial charge in [0, 0.05) is 6.42 Å². The molecule has 0 saturated heterocycles. The van der Waals surface area contributed by atoms with Gasteiger partial charge in [0.2, 0.25) is 0 Å². The molecule has 0 amide bonds. The summed E-state index contributed by atoms with van der Waals surface area (Å²) < 4.78 is 13.4. The number of ketones is 1. The molecular weight excluding hydrogens is 271 g/mol. The monoisotopic (exact) mass is 282 g/mol. The Hall–Kier alpha value is -0.960. The normalized spacial score (nSPS) is 15.0. The summed E-state index contributed by atoms with van der Waals surface area (Å²) >= 11 is 3.12. The quantitative estimate of drug-likeness (QED) is 0.824. The summed E-state index contributed by atoms with van der Waals surface area (Å²) in [6, 6.07) is 4.71. The number of carbonyl (C=O) groups excluding carboxylic acids is 1. The largest absolute Gasteiger partial charge is 0.294 e. The summed E-state index contributed by atoms with van der Waals surface area (Å²) in [7, 11) is 0. The highest BCUT2D eigenvalue weighted by atomic mass is 79.9. The lowest BCUT2D eigenvalue weighted by atomic mass is 10.0. The van der Waals surface area contributed by atoms with Crippen molar-refractivity contribution in [2.75, 3.05) is 0 Å². The zero-order valence-corrected chi connectivity index (χ0v) is 10.4. The maximum Gasteiger partial charge on any atom is 0.162 e. The minimum Gasteiger partial charge on any atom is -0.294 e. The van der Waals surface area contributed by atoms with E-state index in [1.54, 1.807) is 12.1 Å². The molecule has 0 aliphatic heterocycles. The lowest BCUT2D eigenvalue weighted by Gasteiger charge is -2.03. The fraction of sp³-hybridized carbons (Fsp3) is 0.308. The topological polar surface area (TPSA) is 17.1 Å².